The third-order valence-electron chi connectivity index (χ3n) is 3.95. The molecule has 1 N–H and O–H groups in total. The van der Waals surface area contributed by atoms with Gasteiger partial charge in [0.1, 0.15) is 17.3 Å². The molecule has 0 aromatic heterocycles. The van der Waals surface area contributed by atoms with E-state index in [4.69, 9.17) is 27.9 Å². The van der Waals surface area contributed by atoms with Gasteiger partial charge >= 0.3 is 0 Å². The van der Waals surface area contributed by atoms with E-state index in [-0.39, 0.29) is 47.7 Å². The Hall–Kier alpha value is -2.14. The number of halogens is 5. The molecule has 1 fully saturated rings. The van der Waals surface area contributed by atoms with E-state index < -0.39 is 28.7 Å². The van der Waals surface area contributed by atoms with Gasteiger partial charge in [-0.3, -0.25) is 0 Å². The van der Waals surface area contributed by atoms with Crippen LogP contribution in [0.5, 0.6) is 0 Å². The second kappa shape index (κ2) is 7.62. The maximum Gasteiger partial charge on any atom is 0.186 e. The summed E-state index contributed by atoms with van der Waals surface area (Å²) < 4.78 is 49.2. The van der Waals surface area contributed by atoms with Crippen molar-refractivity contribution in [1.29, 1.82) is 5.26 Å². The van der Waals surface area contributed by atoms with Gasteiger partial charge in [0.25, 0.3) is 0 Å². The van der Waals surface area contributed by atoms with Crippen molar-refractivity contribution in [3.8, 4) is 6.07 Å². The smallest absolute Gasteiger partial charge is 0.186 e. The first kappa shape index (κ1) is 18.6. The largest absolute Gasteiger partial charge is 0.378 e. The van der Waals surface area contributed by atoms with E-state index >= 15 is 4.39 Å². The van der Waals surface area contributed by atoms with Crippen LogP contribution >= 0.6 is 23.2 Å². The maximum absolute atomic E-state index is 15.1. The molecule has 0 radical (unpaired) electrons. The van der Waals surface area contributed by atoms with Crippen LogP contribution in [0.2, 0.25) is 10.0 Å². The molecule has 136 valence electrons. The summed E-state index contributed by atoms with van der Waals surface area (Å²) in [5.41, 5.74) is -1.75. The average Bonchev–Trinajstić information content (AvgIpc) is 2.64. The molecule has 1 aliphatic heterocycles. The predicted octanol–water partition coefficient (Wildman–Crippen LogP) is 4.86. The molecule has 0 atom stereocenters. The molecular formula is C17H12Cl2F3N3O. The molecule has 2 aromatic rings. The van der Waals surface area contributed by atoms with Crippen molar-refractivity contribution >= 4 is 40.3 Å². The third kappa shape index (κ3) is 3.28. The predicted molar refractivity (Wildman–Crippen MR) is 93.8 cm³/mol. The van der Waals surface area contributed by atoms with Gasteiger partial charge < -0.3 is 15.0 Å². The van der Waals surface area contributed by atoms with Gasteiger partial charge in [-0.1, -0.05) is 29.3 Å². The summed E-state index contributed by atoms with van der Waals surface area (Å²) >= 11 is 12.0. The van der Waals surface area contributed by atoms with E-state index in [0.717, 1.165) is 0 Å². The number of ether oxygens (including phenoxy) is 1. The molecule has 1 aliphatic rings. The van der Waals surface area contributed by atoms with Gasteiger partial charge in [0.05, 0.1) is 34.6 Å². The SMILES string of the molecule is N#Cc1c(F)c(F)c(Nc2c(Cl)cccc2Cl)c(F)c1N1CCOCC1. The highest BCUT2D eigenvalue weighted by molar-refractivity contribution is 6.39. The minimum Gasteiger partial charge on any atom is -0.378 e. The number of rotatable bonds is 3. The molecular weight excluding hydrogens is 390 g/mol. The number of para-hydroxylation sites is 1. The first-order valence-corrected chi connectivity index (χ1v) is 8.35. The van der Waals surface area contributed by atoms with Crippen LogP contribution in [0.15, 0.2) is 18.2 Å². The molecule has 4 nitrogen and oxygen atoms in total. The number of nitrogens with one attached hydrogen (secondary N) is 1. The van der Waals surface area contributed by atoms with Crippen molar-refractivity contribution in [2.24, 2.45) is 0 Å². The summed E-state index contributed by atoms with van der Waals surface area (Å²) in [5.74, 6) is -4.06. The van der Waals surface area contributed by atoms with Crippen molar-refractivity contribution in [1.82, 2.24) is 0 Å². The van der Waals surface area contributed by atoms with Crippen LogP contribution in [0.1, 0.15) is 5.56 Å². The molecule has 0 amide bonds. The van der Waals surface area contributed by atoms with Gasteiger partial charge in [-0.15, -0.1) is 0 Å². The Morgan fingerprint density at radius 3 is 2.19 bits per heavy atom. The fourth-order valence-corrected chi connectivity index (χ4v) is 3.18. The van der Waals surface area contributed by atoms with E-state index in [1.807, 2.05) is 0 Å². The Morgan fingerprint density at radius 2 is 1.62 bits per heavy atom. The Bertz CT molecular complexity index is 876. The van der Waals surface area contributed by atoms with E-state index in [1.54, 1.807) is 6.07 Å². The number of hydrogen-bond acceptors (Lipinski definition) is 4. The van der Waals surface area contributed by atoms with Crippen LogP contribution < -0.4 is 10.2 Å². The van der Waals surface area contributed by atoms with E-state index in [9.17, 15) is 14.0 Å². The second-order valence-electron chi connectivity index (χ2n) is 5.47. The Morgan fingerprint density at radius 1 is 1.00 bits per heavy atom. The summed E-state index contributed by atoms with van der Waals surface area (Å²) in [6, 6.07) is 6.03. The zero-order valence-corrected chi connectivity index (χ0v) is 14.8. The van der Waals surface area contributed by atoms with Crippen molar-refractivity contribution in [2.75, 3.05) is 36.5 Å². The van der Waals surface area contributed by atoms with Crippen molar-refractivity contribution in [3.63, 3.8) is 0 Å². The molecule has 3 rings (SSSR count). The number of morpholine rings is 1. The average molecular weight is 402 g/mol. The molecule has 0 aliphatic carbocycles. The summed E-state index contributed by atoms with van der Waals surface area (Å²) in [5, 5.41) is 11.8. The fourth-order valence-electron chi connectivity index (χ4n) is 2.69. The molecule has 0 unspecified atom stereocenters. The summed E-state index contributed by atoms with van der Waals surface area (Å²) in [6.07, 6.45) is 0. The molecule has 2 aromatic carbocycles. The third-order valence-corrected chi connectivity index (χ3v) is 4.58. The van der Waals surface area contributed by atoms with Crippen LogP contribution in [0.3, 0.4) is 0 Å². The molecule has 0 spiro atoms. The Labute approximate surface area is 157 Å². The van der Waals surface area contributed by atoms with Crippen molar-refractivity contribution < 1.29 is 17.9 Å². The lowest BCUT2D eigenvalue weighted by Gasteiger charge is -2.30. The summed E-state index contributed by atoms with van der Waals surface area (Å²) in [4.78, 5) is 1.44. The van der Waals surface area contributed by atoms with Gasteiger partial charge in [-0.05, 0) is 12.1 Å². The first-order valence-electron chi connectivity index (χ1n) is 7.60. The normalized spacial score (nSPS) is 14.2. The fraction of sp³-hybridized carbons (Fsp3) is 0.235. The highest BCUT2D eigenvalue weighted by Crippen LogP contribution is 2.39. The lowest BCUT2D eigenvalue weighted by atomic mass is 10.1. The highest BCUT2D eigenvalue weighted by Gasteiger charge is 2.30. The van der Waals surface area contributed by atoms with E-state index in [0.29, 0.717) is 0 Å². The Kier molecular flexibility index (Phi) is 5.47. The number of hydrogen-bond donors (Lipinski definition) is 1. The molecule has 1 heterocycles. The highest BCUT2D eigenvalue weighted by atomic mass is 35.5. The van der Waals surface area contributed by atoms with E-state index in [2.05, 4.69) is 5.32 Å². The quantitative estimate of drug-likeness (QED) is 0.745. The van der Waals surface area contributed by atoms with E-state index in [1.165, 1.54) is 23.1 Å². The number of anilines is 3. The second-order valence-corrected chi connectivity index (χ2v) is 6.29. The lowest BCUT2D eigenvalue weighted by molar-refractivity contribution is 0.122. The molecule has 0 saturated carbocycles. The topological polar surface area (TPSA) is 48.3 Å². The molecule has 0 bridgehead atoms. The zero-order valence-electron chi connectivity index (χ0n) is 13.3. The van der Waals surface area contributed by atoms with Gasteiger partial charge in [-0.25, -0.2) is 13.2 Å². The van der Waals surface area contributed by atoms with Crippen molar-refractivity contribution in [3.05, 3.63) is 51.3 Å². The van der Waals surface area contributed by atoms with Crippen LogP contribution in [-0.4, -0.2) is 26.3 Å². The number of nitriles is 1. The van der Waals surface area contributed by atoms with Gasteiger partial charge in [0, 0.05) is 13.1 Å². The monoisotopic (exact) mass is 401 g/mol. The number of benzene rings is 2. The number of nitrogens with zero attached hydrogens (tertiary/aromatic N) is 2. The molecule has 26 heavy (non-hydrogen) atoms. The van der Waals surface area contributed by atoms with Gasteiger partial charge in [0.15, 0.2) is 17.5 Å². The Balaban J connectivity index is 2.17. The minimum absolute atomic E-state index is 0.0330. The standard InChI is InChI=1S/C17H12Cl2F3N3O/c18-10-2-1-3-11(19)15(10)24-16-13(21)12(20)9(8-23)17(14(16)22)25-4-6-26-7-5-25/h1-3,24H,4-7H2. The summed E-state index contributed by atoms with van der Waals surface area (Å²) in [7, 11) is 0. The first-order chi connectivity index (χ1) is 12.5. The summed E-state index contributed by atoms with van der Waals surface area (Å²) in [6.45, 7) is 1.04. The maximum atomic E-state index is 15.1. The zero-order chi connectivity index (χ0) is 18.8. The van der Waals surface area contributed by atoms with Crippen LogP contribution in [-0.2, 0) is 4.74 Å². The van der Waals surface area contributed by atoms with Crippen molar-refractivity contribution in [2.45, 2.75) is 0 Å². The van der Waals surface area contributed by atoms with Crippen LogP contribution in [0.4, 0.5) is 30.2 Å². The molecule has 1 saturated heterocycles. The van der Waals surface area contributed by atoms with Crippen LogP contribution in [0.25, 0.3) is 0 Å². The van der Waals surface area contributed by atoms with Gasteiger partial charge in [-0.2, -0.15) is 5.26 Å². The van der Waals surface area contributed by atoms with Gasteiger partial charge in [0.2, 0.25) is 0 Å². The lowest BCUT2D eigenvalue weighted by Crippen LogP contribution is -2.37. The molecule has 9 heteroatoms. The minimum atomic E-state index is -1.52. The van der Waals surface area contributed by atoms with Crippen LogP contribution in [0, 0.1) is 28.8 Å².